The standard InChI is InChI=1S/C4H9N2O2P/c1-3(5-8-2)4(7)6-9/h9H2,1-2H3,(H,6,7)/b5-3+. The Morgan fingerprint density at radius 1 is 1.78 bits per heavy atom. The van der Waals surface area contributed by atoms with Gasteiger partial charge in [-0.3, -0.25) is 4.79 Å². The summed E-state index contributed by atoms with van der Waals surface area (Å²) in [5.41, 5.74) is 0.299. The monoisotopic (exact) mass is 148 g/mol. The van der Waals surface area contributed by atoms with Crippen molar-refractivity contribution in [3.8, 4) is 0 Å². The Labute approximate surface area is 55.9 Å². The number of nitrogens with one attached hydrogen (secondary N) is 1. The molecule has 0 fully saturated rings. The zero-order chi connectivity index (χ0) is 7.28. The van der Waals surface area contributed by atoms with Crippen molar-refractivity contribution < 1.29 is 9.63 Å². The molecule has 0 heterocycles. The molecule has 0 bridgehead atoms. The van der Waals surface area contributed by atoms with Gasteiger partial charge in [0.2, 0.25) is 0 Å². The summed E-state index contributed by atoms with van der Waals surface area (Å²) in [7, 11) is 3.47. The second-order valence-electron chi connectivity index (χ2n) is 1.33. The number of rotatable bonds is 2. The van der Waals surface area contributed by atoms with Gasteiger partial charge in [-0.15, -0.1) is 0 Å². The molecule has 0 aliphatic heterocycles. The highest BCUT2D eigenvalue weighted by Gasteiger charge is 2.00. The number of oxime groups is 1. The molecule has 0 aliphatic carbocycles. The number of nitrogens with zero attached hydrogens (tertiary/aromatic N) is 1. The fourth-order valence-corrected chi connectivity index (χ4v) is 0.492. The van der Waals surface area contributed by atoms with Crippen LogP contribution in [0.3, 0.4) is 0 Å². The molecule has 0 radical (unpaired) electrons. The first-order valence-corrected chi connectivity index (χ1v) is 2.88. The maximum Gasteiger partial charge on any atom is 0.271 e. The van der Waals surface area contributed by atoms with E-state index < -0.39 is 0 Å². The molecule has 0 aromatic rings. The van der Waals surface area contributed by atoms with Crippen LogP contribution >= 0.6 is 9.39 Å². The van der Waals surface area contributed by atoms with Gasteiger partial charge in [-0.05, 0) is 16.3 Å². The summed E-state index contributed by atoms with van der Waals surface area (Å²) in [5.74, 6) is -0.262. The molecule has 1 unspecified atom stereocenters. The molecule has 0 rings (SSSR count). The number of carbonyl (C=O) groups is 1. The van der Waals surface area contributed by atoms with Crippen LogP contribution < -0.4 is 5.09 Å². The van der Waals surface area contributed by atoms with E-state index in [0.29, 0.717) is 5.71 Å². The molecule has 9 heavy (non-hydrogen) atoms. The first-order chi connectivity index (χ1) is 4.22. The number of carbonyl (C=O) groups excluding carboxylic acids is 1. The van der Waals surface area contributed by atoms with Gasteiger partial charge in [-0.1, -0.05) is 5.16 Å². The van der Waals surface area contributed by atoms with Crippen molar-refractivity contribution in [2.75, 3.05) is 7.11 Å². The fraction of sp³-hybridized carbons (Fsp3) is 0.500. The molecule has 1 N–H and O–H groups in total. The first-order valence-electron chi connectivity index (χ1n) is 2.31. The molecule has 52 valence electrons. The van der Waals surface area contributed by atoms with Crippen LogP contribution in [0.15, 0.2) is 5.16 Å². The van der Waals surface area contributed by atoms with Gasteiger partial charge in [-0.2, -0.15) is 0 Å². The maximum atomic E-state index is 10.6. The van der Waals surface area contributed by atoms with E-state index in [1.807, 2.05) is 0 Å². The summed E-state index contributed by atoms with van der Waals surface area (Å²) in [6.07, 6.45) is 0. The van der Waals surface area contributed by atoms with Crippen molar-refractivity contribution >= 4 is 21.0 Å². The molecule has 0 spiro atoms. The summed E-state index contributed by atoms with van der Waals surface area (Å²) >= 11 is 0. The SMILES string of the molecule is CO/N=C(\C)C(=O)NP. The van der Waals surface area contributed by atoms with E-state index in [9.17, 15) is 4.79 Å². The van der Waals surface area contributed by atoms with Crippen molar-refractivity contribution in [1.82, 2.24) is 5.09 Å². The first kappa shape index (κ1) is 8.37. The van der Waals surface area contributed by atoms with E-state index in [2.05, 4.69) is 24.5 Å². The predicted octanol–water partition coefficient (Wildman–Crippen LogP) is -0.0850. The minimum Gasteiger partial charge on any atom is -0.399 e. The van der Waals surface area contributed by atoms with Gasteiger partial charge in [0.05, 0.1) is 0 Å². The normalized spacial score (nSPS) is 10.8. The maximum absolute atomic E-state index is 10.6. The van der Waals surface area contributed by atoms with Crippen molar-refractivity contribution in [3.63, 3.8) is 0 Å². The molecule has 0 aliphatic rings. The molecule has 1 amide bonds. The number of hydrogen-bond donors (Lipinski definition) is 1. The Balaban J connectivity index is 3.86. The van der Waals surface area contributed by atoms with Crippen LogP contribution in [0.4, 0.5) is 0 Å². The van der Waals surface area contributed by atoms with Crippen molar-refractivity contribution in [3.05, 3.63) is 0 Å². The highest BCUT2D eigenvalue weighted by Crippen LogP contribution is 1.80. The summed E-state index contributed by atoms with van der Waals surface area (Å²) in [6, 6.07) is 0. The van der Waals surface area contributed by atoms with E-state index in [0.717, 1.165) is 0 Å². The molecule has 0 aromatic heterocycles. The Morgan fingerprint density at radius 3 is 2.67 bits per heavy atom. The van der Waals surface area contributed by atoms with Crippen LogP contribution in [0.25, 0.3) is 0 Å². The summed E-state index contributed by atoms with van der Waals surface area (Å²) in [5, 5.41) is 5.70. The second-order valence-corrected chi connectivity index (χ2v) is 1.62. The lowest BCUT2D eigenvalue weighted by molar-refractivity contribution is -0.113. The lowest BCUT2D eigenvalue weighted by Gasteiger charge is -1.94. The summed E-state index contributed by atoms with van der Waals surface area (Å²) < 4.78 is 0. The molecule has 5 heteroatoms. The van der Waals surface area contributed by atoms with Crippen LogP contribution in [0.2, 0.25) is 0 Å². The molecule has 0 saturated carbocycles. The molecular weight excluding hydrogens is 139 g/mol. The zero-order valence-corrected chi connectivity index (χ0v) is 6.50. The van der Waals surface area contributed by atoms with Crippen molar-refractivity contribution in [2.45, 2.75) is 6.92 Å². The third-order valence-corrected chi connectivity index (χ3v) is 0.950. The van der Waals surface area contributed by atoms with Crippen LogP contribution in [0, 0.1) is 0 Å². The van der Waals surface area contributed by atoms with E-state index in [-0.39, 0.29) is 5.91 Å². The van der Waals surface area contributed by atoms with Crippen molar-refractivity contribution in [2.24, 2.45) is 5.16 Å². The number of amides is 1. The van der Waals surface area contributed by atoms with Crippen LogP contribution in [0.1, 0.15) is 6.92 Å². The van der Waals surface area contributed by atoms with Gasteiger partial charge in [0.25, 0.3) is 5.91 Å². The van der Waals surface area contributed by atoms with Crippen LogP contribution in [0.5, 0.6) is 0 Å². The minimum atomic E-state index is -0.262. The van der Waals surface area contributed by atoms with Crippen LogP contribution in [-0.2, 0) is 9.63 Å². The van der Waals surface area contributed by atoms with E-state index in [1.54, 1.807) is 6.92 Å². The van der Waals surface area contributed by atoms with E-state index in [1.165, 1.54) is 7.11 Å². The Kier molecular flexibility index (Phi) is 3.97. The topological polar surface area (TPSA) is 50.7 Å². The Bertz CT molecular complexity index is 135. The minimum absolute atomic E-state index is 0.262. The Morgan fingerprint density at radius 2 is 2.33 bits per heavy atom. The number of hydrogen-bond acceptors (Lipinski definition) is 3. The lowest BCUT2D eigenvalue weighted by Crippen LogP contribution is -2.20. The quantitative estimate of drug-likeness (QED) is 0.338. The van der Waals surface area contributed by atoms with E-state index >= 15 is 0 Å². The molecule has 4 nitrogen and oxygen atoms in total. The predicted molar refractivity (Wildman–Crippen MR) is 38.0 cm³/mol. The van der Waals surface area contributed by atoms with Gasteiger partial charge < -0.3 is 9.92 Å². The van der Waals surface area contributed by atoms with Gasteiger partial charge >= 0.3 is 0 Å². The molecular formula is C4H9N2O2P. The lowest BCUT2D eigenvalue weighted by atomic mass is 10.4. The van der Waals surface area contributed by atoms with Crippen LogP contribution in [-0.4, -0.2) is 18.7 Å². The van der Waals surface area contributed by atoms with Gasteiger partial charge in [-0.25, -0.2) is 0 Å². The largest absolute Gasteiger partial charge is 0.399 e. The average Bonchev–Trinajstić information content (AvgIpc) is 1.87. The molecule has 0 aromatic carbocycles. The molecule has 1 atom stereocenters. The van der Waals surface area contributed by atoms with E-state index in [4.69, 9.17) is 0 Å². The van der Waals surface area contributed by atoms with Gasteiger partial charge in [0.15, 0.2) is 0 Å². The zero-order valence-electron chi connectivity index (χ0n) is 5.34. The highest BCUT2D eigenvalue weighted by molar-refractivity contribution is 7.15. The fourth-order valence-electron chi connectivity index (χ4n) is 0.283. The van der Waals surface area contributed by atoms with Crippen molar-refractivity contribution in [1.29, 1.82) is 0 Å². The summed E-state index contributed by atoms with van der Waals surface area (Å²) in [4.78, 5) is 14.9. The molecule has 0 saturated heterocycles. The average molecular weight is 148 g/mol. The smallest absolute Gasteiger partial charge is 0.271 e. The Hall–Kier alpha value is -0.630. The summed E-state index contributed by atoms with van der Waals surface area (Å²) in [6.45, 7) is 1.56. The highest BCUT2D eigenvalue weighted by atomic mass is 31.0. The third kappa shape index (κ3) is 3.03. The second kappa shape index (κ2) is 4.27. The van der Waals surface area contributed by atoms with Gasteiger partial charge in [0, 0.05) is 0 Å². The third-order valence-electron chi connectivity index (χ3n) is 0.688. The van der Waals surface area contributed by atoms with Gasteiger partial charge in [0.1, 0.15) is 12.8 Å².